The largest absolute Gasteiger partial charge is 0.331 e. The molecule has 0 bridgehead atoms. The van der Waals surface area contributed by atoms with Crippen LogP contribution in [-0.4, -0.2) is 15.0 Å². The minimum absolute atomic E-state index is 0.320. The fraction of sp³-hybridized carbons (Fsp3) is 0.133. The molecule has 0 radical (unpaired) electrons. The number of nitrogens with zero attached hydrogens (tertiary/aromatic N) is 2. The van der Waals surface area contributed by atoms with Crippen LogP contribution < -0.4 is 16.6 Å². The maximum Gasteiger partial charge on any atom is 0.331 e. The highest BCUT2D eigenvalue weighted by molar-refractivity contribution is 7.17. The first-order chi connectivity index (χ1) is 11.4. The van der Waals surface area contributed by atoms with Crippen molar-refractivity contribution in [2.75, 3.05) is 5.32 Å². The molecule has 124 valence electrons. The Kier molecular flexibility index (Phi) is 4.02. The Balaban J connectivity index is 1.97. The van der Waals surface area contributed by atoms with Gasteiger partial charge in [0.2, 0.25) is 5.91 Å². The molecule has 9 heteroatoms. The number of hydrogen-bond donors (Lipinski definition) is 1. The fourth-order valence-electron chi connectivity index (χ4n) is 2.28. The summed E-state index contributed by atoms with van der Waals surface area (Å²) in [5.41, 5.74) is -1.11. The van der Waals surface area contributed by atoms with E-state index in [1.807, 2.05) is 0 Å². The van der Waals surface area contributed by atoms with Gasteiger partial charge >= 0.3 is 5.69 Å². The molecule has 0 atom stereocenters. The van der Waals surface area contributed by atoms with Crippen LogP contribution in [0.5, 0.6) is 0 Å². The summed E-state index contributed by atoms with van der Waals surface area (Å²) in [6.07, 6.45) is 0. The van der Waals surface area contributed by atoms with Gasteiger partial charge in [-0.1, -0.05) is 0 Å². The molecule has 3 aromatic rings. The summed E-state index contributed by atoms with van der Waals surface area (Å²) >= 11 is 1.15. The van der Waals surface area contributed by atoms with Gasteiger partial charge in [-0.3, -0.25) is 18.7 Å². The number of aromatic nitrogens is 2. The molecule has 0 saturated heterocycles. The average molecular weight is 351 g/mol. The van der Waals surface area contributed by atoms with E-state index < -0.39 is 35.3 Å². The first-order valence-corrected chi connectivity index (χ1v) is 7.68. The lowest BCUT2D eigenvalue weighted by Crippen LogP contribution is -2.39. The molecule has 0 unspecified atom stereocenters. The van der Waals surface area contributed by atoms with E-state index in [4.69, 9.17) is 0 Å². The molecule has 0 aliphatic rings. The average Bonchev–Trinajstić information content (AvgIpc) is 3.02. The molecule has 1 amide bonds. The quantitative estimate of drug-likeness (QED) is 0.780. The van der Waals surface area contributed by atoms with E-state index in [1.165, 1.54) is 7.05 Å². The predicted octanol–water partition coefficient (Wildman–Crippen LogP) is 1.68. The van der Waals surface area contributed by atoms with Crippen molar-refractivity contribution < 1.29 is 13.6 Å². The number of nitrogens with one attached hydrogen (secondary N) is 1. The Morgan fingerprint density at radius 1 is 1.25 bits per heavy atom. The maximum atomic E-state index is 13.6. The number of anilines is 1. The van der Waals surface area contributed by atoms with E-state index in [1.54, 1.807) is 11.4 Å². The third kappa shape index (κ3) is 2.73. The summed E-state index contributed by atoms with van der Waals surface area (Å²) < 4.78 is 29.1. The number of rotatable bonds is 3. The van der Waals surface area contributed by atoms with Gasteiger partial charge in [0.15, 0.2) is 0 Å². The topological polar surface area (TPSA) is 73.1 Å². The van der Waals surface area contributed by atoms with Crippen LogP contribution in [0.25, 0.3) is 10.2 Å². The van der Waals surface area contributed by atoms with Crippen molar-refractivity contribution in [1.29, 1.82) is 0 Å². The molecule has 0 fully saturated rings. The van der Waals surface area contributed by atoms with Crippen LogP contribution in [0.1, 0.15) is 0 Å². The molecular formula is C15H11F2N3O3S. The molecule has 6 nitrogen and oxygen atoms in total. The van der Waals surface area contributed by atoms with Gasteiger partial charge < -0.3 is 5.32 Å². The van der Waals surface area contributed by atoms with Gasteiger partial charge in [-0.2, -0.15) is 0 Å². The number of halogens is 2. The fourth-order valence-corrected chi connectivity index (χ4v) is 3.15. The van der Waals surface area contributed by atoms with Gasteiger partial charge in [0, 0.05) is 13.1 Å². The first-order valence-electron chi connectivity index (χ1n) is 6.80. The third-order valence-corrected chi connectivity index (χ3v) is 4.35. The highest BCUT2D eigenvalue weighted by Gasteiger charge is 2.15. The SMILES string of the molecule is Cn1c(=O)c2sccc2n(CC(=O)Nc2cc(F)ccc2F)c1=O. The second kappa shape index (κ2) is 6.00. The molecule has 2 heterocycles. The third-order valence-electron chi connectivity index (χ3n) is 3.46. The molecule has 0 aliphatic heterocycles. The summed E-state index contributed by atoms with van der Waals surface area (Å²) in [4.78, 5) is 36.3. The lowest BCUT2D eigenvalue weighted by Gasteiger charge is -2.10. The summed E-state index contributed by atoms with van der Waals surface area (Å²) in [7, 11) is 1.31. The number of hydrogen-bond acceptors (Lipinski definition) is 4. The number of carbonyl (C=O) groups is 1. The van der Waals surface area contributed by atoms with E-state index >= 15 is 0 Å². The molecule has 0 aliphatic carbocycles. The van der Waals surface area contributed by atoms with Crippen molar-refractivity contribution in [3.63, 3.8) is 0 Å². The monoisotopic (exact) mass is 351 g/mol. The van der Waals surface area contributed by atoms with Crippen molar-refractivity contribution in [3.05, 3.63) is 62.1 Å². The first kappa shape index (κ1) is 16.1. The smallest absolute Gasteiger partial charge is 0.322 e. The Labute approximate surface area is 137 Å². The minimum Gasteiger partial charge on any atom is -0.322 e. The molecular weight excluding hydrogens is 340 g/mol. The Morgan fingerprint density at radius 3 is 2.75 bits per heavy atom. The summed E-state index contributed by atoms with van der Waals surface area (Å²) in [6.45, 7) is -0.434. The second-order valence-corrected chi connectivity index (χ2v) is 5.96. The number of amides is 1. The number of fused-ring (bicyclic) bond motifs is 1. The Hall–Kier alpha value is -2.81. The molecule has 3 rings (SSSR count). The lowest BCUT2D eigenvalue weighted by atomic mass is 10.3. The van der Waals surface area contributed by atoms with Crippen LogP contribution in [0.3, 0.4) is 0 Å². The Bertz CT molecular complexity index is 1070. The van der Waals surface area contributed by atoms with Crippen LogP contribution in [-0.2, 0) is 18.4 Å². The molecule has 1 N–H and O–H groups in total. The number of carbonyl (C=O) groups excluding carboxylic acids is 1. The molecule has 0 saturated carbocycles. The summed E-state index contributed by atoms with van der Waals surface area (Å²) in [5, 5.41) is 3.85. The molecule has 2 aromatic heterocycles. The van der Waals surface area contributed by atoms with Gasteiger partial charge in [-0.15, -0.1) is 11.3 Å². The minimum atomic E-state index is -0.793. The zero-order valence-corrected chi connectivity index (χ0v) is 13.2. The van der Waals surface area contributed by atoms with Crippen molar-refractivity contribution in [2.45, 2.75) is 6.54 Å². The summed E-state index contributed by atoms with van der Waals surface area (Å²) in [5.74, 6) is -2.21. The van der Waals surface area contributed by atoms with Crippen molar-refractivity contribution in [2.24, 2.45) is 7.05 Å². The number of benzene rings is 1. The van der Waals surface area contributed by atoms with E-state index in [2.05, 4.69) is 5.32 Å². The van der Waals surface area contributed by atoms with Crippen LogP contribution in [0.2, 0.25) is 0 Å². The van der Waals surface area contributed by atoms with Crippen molar-refractivity contribution >= 4 is 33.1 Å². The zero-order valence-electron chi connectivity index (χ0n) is 12.4. The maximum absolute atomic E-state index is 13.6. The van der Waals surface area contributed by atoms with Crippen LogP contribution in [0, 0.1) is 11.6 Å². The van der Waals surface area contributed by atoms with Crippen LogP contribution in [0.15, 0.2) is 39.2 Å². The molecule has 24 heavy (non-hydrogen) atoms. The van der Waals surface area contributed by atoms with E-state index in [-0.39, 0.29) is 5.69 Å². The standard InChI is InChI=1S/C15H11F2N3O3S/c1-19-14(22)13-11(4-5-24-13)20(15(19)23)7-12(21)18-10-6-8(16)2-3-9(10)17/h2-6H,7H2,1H3,(H,18,21). The van der Waals surface area contributed by atoms with Crippen LogP contribution >= 0.6 is 11.3 Å². The zero-order chi connectivity index (χ0) is 17.4. The second-order valence-electron chi connectivity index (χ2n) is 5.04. The molecule has 1 aromatic carbocycles. The summed E-state index contributed by atoms with van der Waals surface area (Å²) in [6, 6.07) is 4.22. The van der Waals surface area contributed by atoms with E-state index in [0.29, 0.717) is 10.2 Å². The molecule has 0 spiro atoms. The van der Waals surface area contributed by atoms with Gasteiger partial charge in [0.1, 0.15) is 22.9 Å². The van der Waals surface area contributed by atoms with Crippen molar-refractivity contribution in [3.8, 4) is 0 Å². The highest BCUT2D eigenvalue weighted by atomic mass is 32.1. The normalized spacial score (nSPS) is 11.0. The van der Waals surface area contributed by atoms with Gasteiger partial charge in [0.05, 0.1) is 11.2 Å². The van der Waals surface area contributed by atoms with Crippen molar-refractivity contribution in [1.82, 2.24) is 9.13 Å². The lowest BCUT2D eigenvalue weighted by molar-refractivity contribution is -0.116. The van der Waals surface area contributed by atoms with Gasteiger partial charge in [0.25, 0.3) is 5.56 Å². The van der Waals surface area contributed by atoms with E-state index in [9.17, 15) is 23.2 Å². The van der Waals surface area contributed by atoms with Gasteiger partial charge in [-0.05, 0) is 23.6 Å². The van der Waals surface area contributed by atoms with Crippen LogP contribution in [0.4, 0.5) is 14.5 Å². The Morgan fingerprint density at radius 2 is 2.00 bits per heavy atom. The van der Waals surface area contributed by atoms with E-state index in [0.717, 1.165) is 38.7 Å². The predicted molar refractivity (Wildman–Crippen MR) is 86.3 cm³/mol. The number of thiophene rings is 1. The van der Waals surface area contributed by atoms with Gasteiger partial charge in [-0.25, -0.2) is 13.6 Å². The highest BCUT2D eigenvalue weighted by Crippen LogP contribution is 2.17.